The summed E-state index contributed by atoms with van der Waals surface area (Å²) in [5.74, 6) is 1.98. The molecular formula is C23H30O5S. The van der Waals surface area contributed by atoms with Crippen LogP contribution in [0.25, 0.3) is 0 Å². The molecule has 0 N–H and O–H groups in total. The van der Waals surface area contributed by atoms with Gasteiger partial charge in [0, 0.05) is 12.5 Å². The molecule has 0 saturated carbocycles. The zero-order chi connectivity index (χ0) is 20.7. The van der Waals surface area contributed by atoms with E-state index in [0.717, 1.165) is 18.4 Å². The molecule has 0 spiro atoms. The fourth-order valence-electron chi connectivity index (χ4n) is 3.66. The van der Waals surface area contributed by atoms with Gasteiger partial charge in [-0.05, 0) is 31.0 Å². The van der Waals surface area contributed by atoms with Crippen LogP contribution in [0.1, 0.15) is 64.4 Å². The maximum absolute atomic E-state index is 12.4. The summed E-state index contributed by atoms with van der Waals surface area (Å²) >= 11 is 1.32. The number of carbonyl (C=O) groups excluding carboxylic acids is 2. The number of hydrogen-bond donors (Lipinski definition) is 0. The predicted molar refractivity (Wildman–Crippen MR) is 114 cm³/mol. The van der Waals surface area contributed by atoms with E-state index in [2.05, 4.69) is 6.92 Å². The molecule has 3 rings (SSSR count). The molecule has 1 atom stereocenters. The number of unbranched alkanes of at least 4 members (excludes halogenated alkanes) is 5. The summed E-state index contributed by atoms with van der Waals surface area (Å²) in [5.41, 5.74) is 0.864. The van der Waals surface area contributed by atoms with Crippen LogP contribution in [0.4, 0.5) is 0 Å². The zero-order valence-corrected chi connectivity index (χ0v) is 18.1. The van der Waals surface area contributed by atoms with Gasteiger partial charge in [-0.1, -0.05) is 63.3 Å². The van der Waals surface area contributed by atoms with Crippen molar-refractivity contribution in [1.29, 1.82) is 0 Å². The summed E-state index contributed by atoms with van der Waals surface area (Å²) in [6.07, 6.45) is 9.95. The van der Waals surface area contributed by atoms with Gasteiger partial charge >= 0.3 is 0 Å². The van der Waals surface area contributed by atoms with Crippen LogP contribution in [0.15, 0.2) is 30.0 Å². The van der Waals surface area contributed by atoms with E-state index in [-0.39, 0.29) is 35.5 Å². The average Bonchev–Trinajstić information content (AvgIpc) is 3.26. The maximum atomic E-state index is 12.4. The van der Waals surface area contributed by atoms with Gasteiger partial charge in [0.2, 0.25) is 11.9 Å². The third kappa shape index (κ3) is 6.01. The summed E-state index contributed by atoms with van der Waals surface area (Å²) in [5, 5.41) is 0.0108. The Bertz CT molecular complexity index is 773. The lowest BCUT2D eigenvalue weighted by Gasteiger charge is -2.26. The molecule has 0 fully saturated rings. The van der Waals surface area contributed by atoms with Crippen molar-refractivity contribution in [3.8, 4) is 11.5 Å². The van der Waals surface area contributed by atoms with Crippen molar-refractivity contribution in [2.75, 3.05) is 13.4 Å². The van der Waals surface area contributed by atoms with Crippen molar-refractivity contribution in [3.63, 3.8) is 0 Å². The van der Waals surface area contributed by atoms with Crippen LogP contribution in [0.3, 0.4) is 0 Å². The minimum absolute atomic E-state index is 0.0108. The predicted octanol–water partition coefficient (Wildman–Crippen LogP) is 5.21. The fourth-order valence-corrected chi connectivity index (χ4v) is 4.74. The number of ketones is 1. The lowest BCUT2D eigenvalue weighted by Crippen LogP contribution is -2.24. The standard InChI is InChI=1S/C23H30O5S/c1-3-4-5-6-7-8-11-23(2)21(14-22(25)29-23)26-15-18(24)12-17-9-10-19-20(13-17)28-16-27-19/h9-10,13-14H,3-8,11-12,15-16H2,1-2H3. The second-order valence-electron chi connectivity index (χ2n) is 7.87. The average molecular weight is 419 g/mol. The molecule has 2 heterocycles. The number of fused-ring (bicyclic) bond motifs is 1. The molecule has 1 unspecified atom stereocenters. The molecule has 29 heavy (non-hydrogen) atoms. The van der Waals surface area contributed by atoms with Crippen molar-refractivity contribution >= 4 is 22.7 Å². The number of hydrogen-bond acceptors (Lipinski definition) is 6. The van der Waals surface area contributed by atoms with Gasteiger partial charge in [0.05, 0.1) is 4.75 Å². The summed E-state index contributed by atoms with van der Waals surface area (Å²) in [7, 11) is 0. The number of ether oxygens (including phenoxy) is 3. The molecule has 6 heteroatoms. The second-order valence-corrected chi connectivity index (χ2v) is 9.38. The first-order valence-electron chi connectivity index (χ1n) is 10.5. The Morgan fingerprint density at radius 1 is 1.14 bits per heavy atom. The monoisotopic (exact) mass is 418 g/mol. The lowest BCUT2D eigenvalue weighted by molar-refractivity contribution is -0.122. The van der Waals surface area contributed by atoms with Gasteiger partial charge in [-0.2, -0.15) is 0 Å². The molecule has 0 saturated heterocycles. The largest absolute Gasteiger partial charge is 0.489 e. The third-order valence-corrected chi connectivity index (χ3v) is 6.51. The highest BCUT2D eigenvalue weighted by molar-refractivity contribution is 8.15. The molecule has 0 amide bonds. The molecule has 1 aromatic rings. The number of benzene rings is 1. The van der Waals surface area contributed by atoms with Crippen LogP contribution in [0.2, 0.25) is 0 Å². The van der Waals surface area contributed by atoms with Gasteiger partial charge in [0.1, 0.15) is 12.4 Å². The van der Waals surface area contributed by atoms with Crippen LogP contribution in [-0.4, -0.2) is 29.0 Å². The van der Waals surface area contributed by atoms with Crippen molar-refractivity contribution in [2.45, 2.75) is 70.0 Å². The van der Waals surface area contributed by atoms with Crippen molar-refractivity contribution in [3.05, 3.63) is 35.6 Å². The number of carbonyl (C=O) groups is 2. The van der Waals surface area contributed by atoms with Gasteiger partial charge in [0.15, 0.2) is 17.3 Å². The molecule has 0 radical (unpaired) electrons. The molecule has 0 aromatic heterocycles. The van der Waals surface area contributed by atoms with Crippen LogP contribution in [0, 0.1) is 0 Å². The topological polar surface area (TPSA) is 61.8 Å². The summed E-state index contributed by atoms with van der Waals surface area (Å²) in [4.78, 5) is 24.4. The van der Waals surface area contributed by atoms with E-state index in [4.69, 9.17) is 14.2 Å². The van der Waals surface area contributed by atoms with Crippen LogP contribution in [-0.2, 0) is 20.7 Å². The van der Waals surface area contributed by atoms with Crippen molar-refractivity contribution in [1.82, 2.24) is 0 Å². The Labute approximate surface area is 177 Å². The highest BCUT2D eigenvalue weighted by Gasteiger charge is 2.39. The van der Waals surface area contributed by atoms with E-state index in [0.29, 0.717) is 17.3 Å². The minimum atomic E-state index is -0.360. The molecule has 0 aliphatic carbocycles. The quantitative estimate of drug-likeness (QED) is 0.434. The Morgan fingerprint density at radius 2 is 1.90 bits per heavy atom. The van der Waals surface area contributed by atoms with Gasteiger partial charge in [-0.15, -0.1) is 0 Å². The summed E-state index contributed by atoms with van der Waals surface area (Å²) in [6.45, 7) is 4.44. The smallest absolute Gasteiger partial charge is 0.231 e. The Balaban J connectivity index is 1.46. The van der Waals surface area contributed by atoms with E-state index in [1.165, 1.54) is 43.9 Å². The van der Waals surface area contributed by atoms with E-state index in [1.807, 2.05) is 25.1 Å². The van der Waals surface area contributed by atoms with Crippen molar-refractivity contribution in [2.24, 2.45) is 0 Å². The first-order chi connectivity index (χ1) is 14.0. The van der Waals surface area contributed by atoms with Crippen molar-refractivity contribution < 1.29 is 23.8 Å². The van der Waals surface area contributed by atoms with E-state index in [1.54, 1.807) is 6.08 Å². The Hall–Kier alpha value is -1.95. The molecule has 158 valence electrons. The highest BCUT2D eigenvalue weighted by Crippen LogP contribution is 2.44. The zero-order valence-electron chi connectivity index (χ0n) is 17.3. The first-order valence-corrected chi connectivity index (χ1v) is 11.3. The summed E-state index contributed by atoms with van der Waals surface area (Å²) in [6, 6.07) is 5.51. The number of thioether (sulfide) groups is 1. The Kier molecular flexibility index (Phi) is 7.64. The SMILES string of the molecule is CCCCCCCCC1(C)SC(=O)C=C1OCC(=O)Cc1ccc2c(c1)OCO2. The fraction of sp³-hybridized carbons (Fsp3) is 0.565. The second kappa shape index (κ2) is 10.2. The molecule has 0 bridgehead atoms. The number of rotatable bonds is 12. The van der Waals surface area contributed by atoms with Gasteiger partial charge in [-0.3, -0.25) is 9.59 Å². The normalized spacial score (nSPS) is 20.1. The lowest BCUT2D eigenvalue weighted by atomic mass is 9.99. The molecule has 5 nitrogen and oxygen atoms in total. The molecule has 1 aromatic carbocycles. The Morgan fingerprint density at radius 3 is 2.72 bits per heavy atom. The van der Waals surface area contributed by atoms with E-state index in [9.17, 15) is 9.59 Å². The summed E-state index contributed by atoms with van der Waals surface area (Å²) < 4.78 is 16.1. The number of Topliss-reactive ketones (excluding diaryl/α,β-unsaturated/α-hetero) is 1. The minimum Gasteiger partial charge on any atom is -0.489 e. The van der Waals surface area contributed by atoms with Crippen LogP contribution >= 0.6 is 11.8 Å². The molecule has 2 aliphatic rings. The van der Waals surface area contributed by atoms with Gasteiger partial charge in [0.25, 0.3) is 0 Å². The van der Waals surface area contributed by atoms with Crippen LogP contribution < -0.4 is 9.47 Å². The van der Waals surface area contributed by atoms with Gasteiger partial charge < -0.3 is 14.2 Å². The van der Waals surface area contributed by atoms with Crippen LogP contribution in [0.5, 0.6) is 11.5 Å². The molecular weight excluding hydrogens is 388 g/mol. The first kappa shape index (κ1) is 21.8. The maximum Gasteiger partial charge on any atom is 0.231 e. The van der Waals surface area contributed by atoms with E-state index < -0.39 is 0 Å². The van der Waals surface area contributed by atoms with E-state index >= 15 is 0 Å². The highest BCUT2D eigenvalue weighted by atomic mass is 32.2. The molecule has 2 aliphatic heterocycles. The van der Waals surface area contributed by atoms with Gasteiger partial charge in [-0.25, -0.2) is 0 Å². The third-order valence-electron chi connectivity index (χ3n) is 5.33.